The van der Waals surface area contributed by atoms with Crippen molar-refractivity contribution in [3.05, 3.63) is 35.5 Å². The molecule has 2 aliphatic rings. The van der Waals surface area contributed by atoms with Crippen LogP contribution in [0.4, 0.5) is 5.82 Å². The molecule has 2 aromatic rings. The second kappa shape index (κ2) is 11.6. The maximum atomic E-state index is 5.47. The fourth-order valence-electron chi connectivity index (χ4n) is 3.86. The van der Waals surface area contributed by atoms with Crippen LogP contribution in [0.5, 0.6) is 0 Å². The van der Waals surface area contributed by atoms with Gasteiger partial charge in [0, 0.05) is 58.0 Å². The van der Waals surface area contributed by atoms with E-state index in [4.69, 9.17) is 9.47 Å². The zero-order valence-electron chi connectivity index (χ0n) is 18.1. The van der Waals surface area contributed by atoms with Crippen LogP contribution in [0, 0.1) is 0 Å². The summed E-state index contributed by atoms with van der Waals surface area (Å²) in [6.45, 7) is 5.07. The fourth-order valence-corrected chi connectivity index (χ4v) is 3.86. The highest BCUT2D eigenvalue weighted by molar-refractivity contribution is 14.0. The molecule has 4 rings (SSSR count). The van der Waals surface area contributed by atoms with Crippen molar-refractivity contribution in [2.45, 2.75) is 38.6 Å². The summed E-state index contributed by atoms with van der Waals surface area (Å²) in [4.78, 5) is 15.8. The molecule has 0 bridgehead atoms. The Kier molecular flexibility index (Phi) is 8.84. The van der Waals surface area contributed by atoms with Crippen molar-refractivity contribution in [2.75, 3.05) is 45.4 Å². The van der Waals surface area contributed by atoms with Gasteiger partial charge in [-0.3, -0.25) is 4.99 Å². The van der Waals surface area contributed by atoms with Crippen LogP contribution >= 0.6 is 24.0 Å². The number of anilines is 1. The zero-order valence-corrected chi connectivity index (χ0v) is 20.4. The Bertz CT molecular complexity index is 869. The van der Waals surface area contributed by atoms with Crippen LogP contribution < -0.4 is 15.5 Å². The largest absolute Gasteiger partial charge is 0.378 e. The molecule has 0 aliphatic carbocycles. The van der Waals surface area contributed by atoms with E-state index in [9.17, 15) is 0 Å². The molecule has 10 nitrogen and oxygen atoms in total. The maximum absolute atomic E-state index is 5.47. The quantitative estimate of drug-likeness (QED) is 0.316. The van der Waals surface area contributed by atoms with Crippen molar-refractivity contribution in [1.82, 2.24) is 30.4 Å². The Labute approximate surface area is 199 Å². The number of aryl methyl sites for hydroxylation is 1. The average molecular weight is 542 g/mol. The first-order chi connectivity index (χ1) is 14.8. The van der Waals surface area contributed by atoms with Gasteiger partial charge in [-0.05, 0) is 12.5 Å². The predicted molar refractivity (Wildman–Crippen MR) is 129 cm³/mol. The summed E-state index contributed by atoms with van der Waals surface area (Å²) in [6.07, 6.45) is 3.71. The molecule has 1 saturated heterocycles. The SMILES string of the molecule is CN=C(NCc1cccnc1N1CCOCC1)NC1CCc2nc(COC)nn2C1.I. The molecule has 1 atom stereocenters. The van der Waals surface area contributed by atoms with Crippen molar-refractivity contribution in [2.24, 2.45) is 4.99 Å². The second-order valence-corrected chi connectivity index (χ2v) is 7.45. The number of morpholine rings is 1. The number of fused-ring (bicyclic) bond motifs is 1. The number of hydrogen-bond acceptors (Lipinski definition) is 7. The minimum atomic E-state index is 0. The molecule has 170 valence electrons. The predicted octanol–water partition coefficient (Wildman–Crippen LogP) is 0.954. The monoisotopic (exact) mass is 542 g/mol. The topological polar surface area (TPSA) is 102 Å². The number of pyridine rings is 1. The lowest BCUT2D eigenvalue weighted by Crippen LogP contribution is -2.47. The molecule has 0 aromatic carbocycles. The lowest BCUT2D eigenvalue weighted by Gasteiger charge is -2.29. The van der Waals surface area contributed by atoms with E-state index in [2.05, 4.69) is 41.7 Å². The number of halogens is 1. The van der Waals surface area contributed by atoms with Crippen LogP contribution in [0.3, 0.4) is 0 Å². The molecule has 1 fully saturated rings. The highest BCUT2D eigenvalue weighted by Gasteiger charge is 2.22. The summed E-state index contributed by atoms with van der Waals surface area (Å²) in [7, 11) is 3.45. The number of rotatable bonds is 6. The molecular weight excluding hydrogens is 511 g/mol. The number of aliphatic imine (C=N–C) groups is 1. The second-order valence-electron chi connectivity index (χ2n) is 7.45. The van der Waals surface area contributed by atoms with Crippen molar-refractivity contribution in [3.8, 4) is 0 Å². The van der Waals surface area contributed by atoms with E-state index < -0.39 is 0 Å². The number of nitrogens with one attached hydrogen (secondary N) is 2. The smallest absolute Gasteiger partial charge is 0.191 e. The van der Waals surface area contributed by atoms with Crippen molar-refractivity contribution in [3.63, 3.8) is 0 Å². The molecule has 4 heterocycles. The number of guanidine groups is 1. The molecule has 2 N–H and O–H groups in total. The van der Waals surface area contributed by atoms with Gasteiger partial charge in [-0.15, -0.1) is 24.0 Å². The normalized spacial score (nSPS) is 18.8. The van der Waals surface area contributed by atoms with Crippen LogP contribution in [0.25, 0.3) is 0 Å². The van der Waals surface area contributed by atoms with Gasteiger partial charge >= 0.3 is 0 Å². The number of hydrogen-bond donors (Lipinski definition) is 2. The molecule has 0 amide bonds. The molecule has 0 radical (unpaired) electrons. The Hall–Kier alpha value is -1.99. The Morgan fingerprint density at radius 2 is 2.19 bits per heavy atom. The minimum Gasteiger partial charge on any atom is -0.378 e. The number of aromatic nitrogens is 4. The van der Waals surface area contributed by atoms with E-state index >= 15 is 0 Å². The molecule has 0 spiro atoms. The summed E-state index contributed by atoms with van der Waals surface area (Å²) in [5.74, 6) is 3.55. The van der Waals surface area contributed by atoms with Gasteiger partial charge < -0.3 is 25.0 Å². The molecule has 2 aromatic heterocycles. The molecule has 0 saturated carbocycles. The van der Waals surface area contributed by atoms with Gasteiger partial charge in [0.25, 0.3) is 0 Å². The lowest BCUT2D eigenvalue weighted by atomic mass is 10.1. The van der Waals surface area contributed by atoms with Gasteiger partial charge in [0.1, 0.15) is 18.2 Å². The fraction of sp³-hybridized carbons (Fsp3) is 0.600. The van der Waals surface area contributed by atoms with E-state index in [1.165, 1.54) is 0 Å². The third kappa shape index (κ3) is 6.04. The summed E-state index contributed by atoms with van der Waals surface area (Å²) in [5, 5.41) is 11.5. The number of nitrogens with zero attached hydrogens (tertiary/aromatic N) is 6. The first kappa shape index (κ1) is 23.7. The Morgan fingerprint density at radius 3 is 2.97 bits per heavy atom. The minimum absolute atomic E-state index is 0. The van der Waals surface area contributed by atoms with Gasteiger partial charge in [0.2, 0.25) is 0 Å². The molecule has 1 unspecified atom stereocenters. The van der Waals surface area contributed by atoms with Gasteiger partial charge in [-0.2, -0.15) is 5.10 Å². The maximum Gasteiger partial charge on any atom is 0.191 e. The van der Waals surface area contributed by atoms with E-state index in [-0.39, 0.29) is 30.0 Å². The van der Waals surface area contributed by atoms with Crippen LogP contribution in [0.2, 0.25) is 0 Å². The highest BCUT2D eigenvalue weighted by Crippen LogP contribution is 2.18. The summed E-state index contributed by atoms with van der Waals surface area (Å²) in [5.41, 5.74) is 1.15. The Balaban J connectivity index is 0.00000272. The van der Waals surface area contributed by atoms with Crippen LogP contribution in [-0.2, 0) is 35.6 Å². The lowest BCUT2D eigenvalue weighted by molar-refractivity contribution is 0.122. The van der Waals surface area contributed by atoms with E-state index in [0.717, 1.165) is 74.7 Å². The zero-order chi connectivity index (χ0) is 20.8. The Morgan fingerprint density at radius 1 is 1.35 bits per heavy atom. The molecule has 2 aliphatic heterocycles. The summed E-state index contributed by atoms with van der Waals surface area (Å²) < 4.78 is 12.6. The van der Waals surface area contributed by atoms with Crippen LogP contribution in [0.1, 0.15) is 23.6 Å². The van der Waals surface area contributed by atoms with E-state index in [1.807, 2.05) is 16.9 Å². The standard InChI is InChI=1S/C20H30N8O2.HI/c1-21-20(24-16-5-6-18-25-17(14-29-2)26-28(18)13-16)23-12-15-4-3-7-22-19(15)27-8-10-30-11-9-27;/h3-4,7,16H,5-6,8-14H2,1-2H3,(H2,21,23,24);1H. The first-order valence-electron chi connectivity index (χ1n) is 10.4. The first-order valence-corrected chi connectivity index (χ1v) is 10.4. The van der Waals surface area contributed by atoms with Crippen LogP contribution in [0.15, 0.2) is 23.3 Å². The van der Waals surface area contributed by atoms with Gasteiger partial charge in [-0.25, -0.2) is 14.6 Å². The summed E-state index contributed by atoms with van der Waals surface area (Å²) in [6, 6.07) is 4.33. The van der Waals surface area contributed by atoms with Crippen LogP contribution in [-0.4, -0.2) is 72.2 Å². The van der Waals surface area contributed by atoms with Gasteiger partial charge in [0.15, 0.2) is 11.8 Å². The van der Waals surface area contributed by atoms with Gasteiger partial charge in [-0.1, -0.05) is 6.07 Å². The summed E-state index contributed by atoms with van der Waals surface area (Å²) >= 11 is 0. The van der Waals surface area contributed by atoms with Crippen molar-refractivity contribution >= 4 is 35.8 Å². The van der Waals surface area contributed by atoms with Crippen molar-refractivity contribution in [1.29, 1.82) is 0 Å². The number of ether oxygens (including phenoxy) is 2. The molecule has 11 heteroatoms. The molecule has 31 heavy (non-hydrogen) atoms. The van der Waals surface area contributed by atoms with E-state index in [0.29, 0.717) is 13.2 Å². The van der Waals surface area contributed by atoms with Gasteiger partial charge in [0.05, 0.1) is 19.8 Å². The highest BCUT2D eigenvalue weighted by atomic mass is 127. The average Bonchev–Trinajstić information content (AvgIpc) is 3.19. The third-order valence-corrected chi connectivity index (χ3v) is 5.36. The number of methoxy groups -OCH3 is 1. The van der Waals surface area contributed by atoms with E-state index in [1.54, 1.807) is 14.2 Å². The molecular formula is C20H31IN8O2. The third-order valence-electron chi connectivity index (χ3n) is 5.36. The van der Waals surface area contributed by atoms with Crippen molar-refractivity contribution < 1.29 is 9.47 Å².